The summed E-state index contributed by atoms with van der Waals surface area (Å²) in [7, 11) is 3.45. The first-order chi connectivity index (χ1) is 9.23. The fraction of sp³-hybridized carbons (Fsp3) is 0.786. The zero-order chi connectivity index (χ0) is 14.3. The molecular weight excluding hydrogens is 242 g/mol. The molecule has 0 bridgehead atoms. The number of methoxy groups -OCH3 is 2. The topological polar surface area (TPSA) is 48.3 Å². The molecule has 1 aromatic heterocycles. The fourth-order valence-corrected chi connectivity index (χ4v) is 2.43. The summed E-state index contributed by atoms with van der Waals surface area (Å²) in [6, 6.07) is 0.104. The number of hydrogen-bond acceptors (Lipinski definition) is 4. The summed E-state index contributed by atoms with van der Waals surface area (Å²) >= 11 is 0. The lowest BCUT2D eigenvalue weighted by Gasteiger charge is -2.27. The van der Waals surface area contributed by atoms with Crippen LogP contribution in [0, 0.1) is 0 Å². The molecular formula is C14H27N3O2. The van der Waals surface area contributed by atoms with Crippen molar-refractivity contribution in [2.75, 3.05) is 20.8 Å². The molecule has 0 aliphatic carbocycles. The Bertz CT molecular complexity index is 344. The number of aromatic nitrogens is 2. The molecule has 2 atom stereocenters. The second-order valence-corrected chi connectivity index (χ2v) is 4.51. The van der Waals surface area contributed by atoms with Crippen LogP contribution in [0.5, 0.6) is 5.75 Å². The normalized spacial score (nSPS) is 14.4. The zero-order valence-corrected chi connectivity index (χ0v) is 12.8. The smallest absolute Gasteiger partial charge is 0.161 e. The Labute approximate surface area is 116 Å². The van der Waals surface area contributed by atoms with Gasteiger partial charge in [0.1, 0.15) is 0 Å². The molecule has 110 valence electrons. The molecule has 0 aliphatic heterocycles. The first-order valence-electron chi connectivity index (χ1n) is 7.09. The van der Waals surface area contributed by atoms with E-state index in [1.807, 2.05) is 4.68 Å². The summed E-state index contributed by atoms with van der Waals surface area (Å²) in [6.45, 7) is 8.06. The number of ether oxygens (including phenoxy) is 2. The maximum Gasteiger partial charge on any atom is 0.161 e. The second-order valence-electron chi connectivity index (χ2n) is 4.51. The molecule has 0 aromatic carbocycles. The molecule has 1 aromatic rings. The summed E-state index contributed by atoms with van der Waals surface area (Å²) in [6.07, 6.45) is 4.00. The van der Waals surface area contributed by atoms with Crippen molar-refractivity contribution in [2.45, 2.75) is 52.3 Å². The van der Waals surface area contributed by atoms with Gasteiger partial charge in [-0.05, 0) is 19.9 Å². The fourth-order valence-electron chi connectivity index (χ4n) is 2.43. The van der Waals surface area contributed by atoms with E-state index >= 15 is 0 Å². The average molecular weight is 269 g/mol. The Kier molecular flexibility index (Phi) is 6.87. The van der Waals surface area contributed by atoms with Gasteiger partial charge in [0.25, 0.3) is 0 Å². The van der Waals surface area contributed by atoms with Gasteiger partial charge < -0.3 is 14.8 Å². The van der Waals surface area contributed by atoms with Gasteiger partial charge in [0.05, 0.1) is 31.1 Å². The summed E-state index contributed by atoms with van der Waals surface area (Å²) in [5.74, 6) is 0.825. The molecule has 0 saturated heterocycles. The van der Waals surface area contributed by atoms with E-state index in [2.05, 4.69) is 31.2 Å². The Morgan fingerprint density at radius 1 is 1.32 bits per heavy atom. The van der Waals surface area contributed by atoms with Crippen LogP contribution in [0.15, 0.2) is 6.20 Å². The molecule has 2 unspecified atom stereocenters. The van der Waals surface area contributed by atoms with E-state index in [4.69, 9.17) is 9.47 Å². The summed E-state index contributed by atoms with van der Waals surface area (Å²) in [5, 5.41) is 7.89. The molecule has 1 heterocycles. The lowest BCUT2D eigenvalue weighted by atomic mass is 10.0. The molecule has 19 heavy (non-hydrogen) atoms. The van der Waals surface area contributed by atoms with E-state index in [9.17, 15) is 0 Å². The standard InChI is InChI=1S/C14H27N3O2/c1-6-9-11(18-4)13(15-7-2)14-12(19-5)10-16-17(14)8-3/h10-11,13,15H,6-9H2,1-5H3. The third kappa shape index (κ3) is 3.70. The van der Waals surface area contributed by atoms with Gasteiger partial charge in [0.15, 0.2) is 5.75 Å². The minimum atomic E-state index is 0.104. The van der Waals surface area contributed by atoms with Crippen molar-refractivity contribution in [1.82, 2.24) is 15.1 Å². The number of aryl methyl sites for hydroxylation is 1. The van der Waals surface area contributed by atoms with Crippen molar-refractivity contribution >= 4 is 0 Å². The van der Waals surface area contributed by atoms with Crippen molar-refractivity contribution in [3.05, 3.63) is 11.9 Å². The number of rotatable bonds is 9. The van der Waals surface area contributed by atoms with Crippen LogP contribution in [0.3, 0.4) is 0 Å². The summed E-state index contributed by atoms with van der Waals surface area (Å²) in [5.41, 5.74) is 1.08. The van der Waals surface area contributed by atoms with Crippen LogP contribution in [0.4, 0.5) is 0 Å². The zero-order valence-electron chi connectivity index (χ0n) is 12.8. The van der Waals surface area contributed by atoms with Crippen LogP contribution in [0.1, 0.15) is 45.3 Å². The predicted octanol–water partition coefficient (Wildman–Crippen LogP) is 2.38. The van der Waals surface area contributed by atoms with E-state index in [1.54, 1.807) is 20.4 Å². The number of hydrogen-bond donors (Lipinski definition) is 1. The van der Waals surface area contributed by atoms with Gasteiger partial charge in [-0.3, -0.25) is 4.68 Å². The molecule has 1 N–H and O–H groups in total. The van der Waals surface area contributed by atoms with E-state index < -0.39 is 0 Å². The monoisotopic (exact) mass is 269 g/mol. The maximum atomic E-state index is 5.67. The van der Waals surface area contributed by atoms with Gasteiger partial charge in [-0.15, -0.1) is 0 Å². The van der Waals surface area contributed by atoms with Gasteiger partial charge in [-0.1, -0.05) is 20.3 Å². The van der Waals surface area contributed by atoms with Crippen molar-refractivity contribution < 1.29 is 9.47 Å². The quantitative estimate of drug-likeness (QED) is 0.747. The van der Waals surface area contributed by atoms with Crippen LogP contribution in [-0.2, 0) is 11.3 Å². The average Bonchev–Trinajstić information content (AvgIpc) is 2.85. The van der Waals surface area contributed by atoms with Crippen molar-refractivity contribution in [3.8, 4) is 5.75 Å². The van der Waals surface area contributed by atoms with Gasteiger partial charge in [0.2, 0.25) is 0 Å². The van der Waals surface area contributed by atoms with Gasteiger partial charge in [0, 0.05) is 13.7 Å². The highest BCUT2D eigenvalue weighted by Crippen LogP contribution is 2.30. The van der Waals surface area contributed by atoms with Gasteiger partial charge >= 0.3 is 0 Å². The van der Waals surface area contributed by atoms with E-state index in [0.717, 1.165) is 37.4 Å². The minimum Gasteiger partial charge on any atom is -0.493 e. The van der Waals surface area contributed by atoms with E-state index in [-0.39, 0.29) is 12.1 Å². The summed E-state index contributed by atoms with van der Waals surface area (Å²) in [4.78, 5) is 0. The third-order valence-corrected chi connectivity index (χ3v) is 3.33. The Morgan fingerprint density at radius 3 is 2.53 bits per heavy atom. The van der Waals surface area contributed by atoms with Crippen LogP contribution >= 0.6 is 0 Å². The Balaban J connectivity index is 3.12. The predicted molar refractivity (Wildman–Crippen MR) is 76.6 cm³/mol. The lowest BCUT2D eigenvalue weighted by Crippen LogP contribution is -2.35. The van der Waals surface area contributed by atoms with Gasteiger partial charge in [-0.25, -0.2) is 0 Å². The summed E-state index contributed by atoms with van der Waals surface area (Å²) < 4.78 is 13.1. The highest BCUT2D eigenvalue weighted by Gasteiger charge is 2.28. The highest BCUT2D eigenvalue weighted by atomic mass is 16.5. The number of likely N-dealkylation sites (N-methyl/N-ethyl adjacent to an activating group) is 1. The number of nitrogens with one attached hydrogen (secondary N) is 1. The van der Waals surface area contributed by atoms with Crippen LogP contribution in [0.2, 0.25) is 0 Å². The van der Waals surface area contributed by atoms with Crippen LogP contribution < -0.4 is 10.1 Å². The first-order valence-corrected chi connectivity index (χ1v) is 7.09. The Morgan fingerprint density at radius 2 is 2.05 bits per heavy atom. The molecule has 0 spiro atoms. The Hall–Kier alpha value is -1.07. The first kappa shape index (κ1) is 16.0. The maximum absolute atomic E-state index is 5.67. The highest BCUT2D eigenvalue weighted by molar-refractivity contribution is 5.29. The van der Waals surface area contributed by atoms with Crippen molar-refractivity contribution in [3.63, 3.8) is 0 Å². The van der Waals surface area contributed by atoms with Crippen molar-refractivity contribution in [2.24, 2.45) is 0 Å². The molecule has 0 aliphatic rings. The molecule has 1 rings (SSSR count). The molecule has 0 amide bonds. The third-order valence-electron chi connectivity index (χ3n) is 3.33. The van der Waals surface area contributed by atoms with E-state index in [1.165, 1.54) is 0 Å². The molecule has 0 fully saturated rings. The van der Waals surface area contributed by atoms with Crippen LogP contribution in [0.25, 0.3) is 0 Å². The largest absolute Gasteiger partial charge is 0.493 e. The number of nitrogens with zero attached hydrogens (tertiary/aromatic N) is 2. The van der Waals surface area contributed by atoms with Crippen molar-refractivity contribution in [1.29, 1.82) is 0 Å². The van der Waals surface area contributed by atoms with E-state index in [0.29, 0.717) is 0 Å². The SMILES string of the molecule is CCCC(OC)C(NCC)c1c(OC)cnn1CC. The molecule has 0 radical (unpaired) electrons. The molecule has 5 heteroatoms. The van der Waals surface area contributed by atoms with Crippen LogP contribution in [-0.4, -0.2) is 36.6 Å². The lowest BCUT2D eigenvalue weighted by molar-refractivity contribution is 0.0575. The molecule has 5 nitrogen and oxygen atoms in total. The van der Waals surface area contributed by atoms with Gasteiger partial charge in [-0.2, -0.15) is 5.10 Å². The second kappa shape index (κ2) is 8.17. The minimum absolute atomic E-state index is 0.104. The molecule has 0 saturated carbocycles.